The molecule has 25 heavy (non-hydrogen) atoms. The lowest BCUT2D eigenvalue weighted by molar-refractivity contribution is -0.0493. The van der Waals surface area contributed by atoms with E-state index in [4.69, 9.17) is 4.42 Å². The molecule has 1 unspecified atom stereocenters. The molecule has 6 nitrogen and oxygen atoms in total. The number of amides is 2. The van der Waals surface area contributed by atoms with Gasteiger partial charge in [0.15, 0.2) is 0 Å². The van der Waals surface area contributed by atoms with Crippen LogP contribution < -0.4 is 15.4 Å². The Balaban J connectivity index is 2.03. The molecule has 0 aliphatic rings. The smallest absolute Gasteiger partial charge is 0.387 e. The number of hydrogen-bond donors (Lipinski definition) is 2. The van der Waals surface area contributed by atoms with E-state index in [0.717, 1.165) is 0 Å². The highest BCUT2D eigenvalue weighted by atomic mass is 19.3. The number of rotatable bonds is 7. The van der Waals surface area contributed by atoms with Gasteiger partial charge in [-0.1, -0.05) is 12.1 Å². The molecule has 1 aromatic heterocycles. The summed E-state index contributed by atoms with van der Waals surface area (Å²) in [6.45, 7) is -0.995. The third kappa shape index (κ3) is 5.18. The fourth-order valence-corrected chi connectivity index (χ4v) is 2.36. The standard InChI is InChI=1S/C17H21F2N3O3/c1-11-6-4-7-14(25-16(18)19)15(11)21-17(23)20-10-12(22(2)3)13-8-5-9-24-13/h4-9,12,16H,10H2,1-3H3,(H2,20,21,23). The highest BCUT2D eigenvalue weighted by molar-refractivity contribution is 5.91. The summed E-state index contributed by atoms with van der Waals surface area (Å²) in [6, 6.07) is 7.56. The maximum absolute atomic E-state index is 12.5. The number of benzene rings is 1. The zero-order valence-electron chi connectivity index (χ0n) is 14.3. The normalized spacial score (nSPS) is 12.3. The van der Waals surface area contributed by atoms with E-state index in [2.05, 4.69) is 15.4 Å². The van der Waals surface area contributed by atoms with E-state index < -0.39 is 12.6 Å². The Morgan fingerprint density at radius 2 is 2.04 bits per heavy atom. The van der Waals surface area contributed by atoms with Crippen molar-refractivity contribution in [1.82, 2.24) is 10.2 Å². The van der Waals surface area contributed by atoms with E-state index in [1.807, 2.05) is 25.1 Å². The SMILES string of the molecule is Cc1cccc(OC(F)F)c1NC(=O)NCC(c1ccco1)N(C)C. The van der Waals surface area contributed by atoms with Crippen LogP contribution in [0.1, 0.15) is 17.4 Å². The van der Waals surface area contributed by atoms with Gasteiger partial charge in [0.1, 0.15) is 11.5 Å². The maximum atomic E-state index is 12.5. The number of aryl methyl sites for hydroxylation is 1. The Labute approximate surface area is 144 Å². The van der Waals surface area contributed by atoms with E-state index in [1.54, 1.807) is 31.4 Å². The number of para-hydroxylation sites is 1. The van der Waals surface area contributed by atoms with Gasteiger partial charge < -0.3 is 19.8 Å². The highest BCUT2D eigenvalue weighted by Crippen LogP contribution is 2.29. The monoisotopic (exact) mass is 353 g/mol. The topological polar surface area (TPSA) is 66.7 Å². The Bertz CT molecular complexity index is 690. The summed E-state index contributed by atoms with van der Waals surface area (Å²) in [5.41, 5.74) is 0.822. The number of anilines is 1. The minimum Gasteiger partial charge on any atom is -0.468 e. The van der Waals surface area contributed by atoms with E-state index in [9.17, 15) is 13.6 Å². The molecule has 136 valence electrons. The van der Waals surface area contributed by atoms with Crippen LogP contribution in [0, 0.1) is 6.92 Å². The molecular weight excluding hydrogens is 332 g/mol. The Hall–Kier alpha value is -2.61. The van der Waals surface area contributed by atoms with Gasteiger partial charge in [0.25, 0.3) is 0 Å². The fourth-order valence-electron chi connectivity index (χ4n) is 2.36. The number of nitrogens with one attached hydrogen (secondary N) is 2. The zero-order chi connectivity index (χ0) is 18.4. The van der Waals surface area contributed by atoms with Gasteiger partial charge in [0.05, 0.1) is 18.0 Å². The number of furan rings is 1. The molecule has 0 fully saturated rings. The van der Waals surface area contributed by atoms with Gasteiger partial charge in [-0.25, -0.2) is 4.79 Å². The van der Waals surface area contributed by atoms with Crippen LogP contribution >= 0.6 is 0 Å². The van der Waals surface area contributed by atoms with Gasteiger partial charge in [-0.2, -0.15) is 8.78 Å². The lowest BCUT2D eigenvalue weighted by Crippen LogP contribution is -2.37. The van der Waals surface area contributed by atoms with Crippen molar-refractivity contribution < 1.29 is 22.7 Å². The number of alkyl halides is 2. The van der Waals surface area contributed by atoms with Crippen molar-refractivity contribution in [3.05, 3.63) is 47.9 Å². The average molecular weight is 353 g/mol. The van der Waals surface area contributed by atoms with Crippen LogP contribution in [0.3, 0.4) is 0 Å². The van der Waals surface area contributed by atoms with E-state index in [-0.39, 0.29) is 24.0 Å². The molecule has 0 spiro atoms. The first-order valence-electron chi connectivity index (χ1n) is 7.67. The number of carbonyl (C=O) groups excluding carboxylic acids is 1. The van der Waals surface area contributed by atoms with Crippen molar-refractivity contribution >= 4 is 11.7 Å². The molecule has 8 heteroatoms. The second-order valence-corrected chi connectivity index (χ2v) is 5.66. The Morgan fingerprint density at radius 3 is 2.64 bits per heavy atom. The van der Waals surface area contributed by atoms with Crippen LogP contribution in [-0.2, 0) is 0 Å². The van der Waals surface area contributed by atoms with Crippen molar-refractivity contribution in [1.29, 1.82) is 0 Å². The van der Waals surface area contributed by atoms with Gasteiger partial charge in [-0.05, 0) is 44.8 Å². The van der Waals surface area contributed by atoms with Gasteiger partial charge in [-0.3, -0.25) is 4.90 Å². The number of nitrogens with zero attached hydrogens (tertiary/aromatic N) is 1. The van der Waals surface area contributed by atoms with Crippen molar-refractivity contribution in [2.75, 3.05) is 26.0 Å². The third-order valence-corrected chi connectivity index (χ3v) is 3.64. The number of halogens is 2. The third-order valence-electron chi connectivity index (χ3n) is 3.64. The first-order valence-corrected chi connectivity index (χ1v) is 7.67. The lowest BCUT2D eigenvalue weighted by Gasteiger charge is -2.23. The molecule has 1 aromatic carbocycles. The first-order chi connectivity index (χ1) is 11.9. The van der Waals surface area contributed by atoms with Crippen LogP contribution in [0.4, 0.5) is 19.3 Å². The molecule has 2 rings (SSSR count). The second kappa shape index (κ2) is 8.48. The van der Waals surface area contributed by atoms with Crippen LogP contribution in [0.5, 0.6) is 5.75 Å². The number of hydrogen-bond acceptors (Lipinski definition) is 4. The Kier molecular flexibility index (Phi) is 6.35. The minimum absolute atomic E-state index is 0.0830. The highest BCUT2D eigenvalue weighted by Gasteiger charge is 2.19. The zero-order valence-corrected chi connectivity index (χ0v) is 14.3. The molecule has 1 atom stereocenters. The summed E-state index contributed by atoms with van der Waals surface area (Å²) in [7, 11) is 3.73. The van der Waals surface area contributed by atoms with Gasteiger partial charge in [0.2, 0.25) is 0 Å². The van der Waals surface area contributed by atoms with Crippen molar-refractivity contribution in [2.24, 2.45) is 0 Å². The molecule has 0 saturated heterocycles. The molecule has 0 aliphatic heterocycles. The molecule has 0 radical (unpaired) electrons. The van der Waals surface area contributed by atoms with Crippen LogP contribution in [0.25, 0.3) is 0 Å². The number of likely N-dealkylation sites (N-methyl/N-ethyl adjacent to an activating group) is 1. The minimum atomic E-state index is -2.97. The van der Waals surface area contributed by atoms with Crippen molar-refractivity contribution in [2.45, 2.75) is 19.6 Å². The summed E-state index contributed by atoms with van der Waals surface area (Å²) in [4.78, 5) is 14.1. The second-order valence-electron chi connectivity index (χ2n) is 5.66. The van der Waals surface area contributed by atoms with E-state index >= 15 is 0 Å². The maximum Gasteiger partial charge on any atom is 0.387 e. The molecule has 0 bridgehead atoms. The summed E-state index contributed by atoms with van der Waals surface area (Å²) in [5, 5.41) is 5.28. The molecule has 2 N–H and O–H groups in total. The quantitative estimate of drug-likeness (QED) is 0.798. The van der Waals surface area contributed by atoms with Crippen LogP contribution in [0.2, 0.25) is 0 Å². The number of urea groups is 1. The molecular formula is C17H21F2N3O3. The predicted octanol–water partition coefficient (Wildman–Crippen LogP) is 3.61. The van der Waals surface area contributed by atoms with Gasteiger partial charge in [-0.15, -0.1) is 0 Å². The molecule has 0 aliphatic carbocycles. The molecule has 1 heterocycles. The average Bonchev–Trinajstić information content (AvgIpc) is 3.04. The summed E-state index contributed by atoms with van der Waals surface area (Å²) in [5.74, 6) is 0.628. The molecule has 2 aromatic rings. The first kappa shape index (κ1) is 18.7. The summed E-state index contributed by atoms with van der Waals surface area (Å²) < 4.78 is 34.8. The fraction of sp³-hybridized carbons (Fsp3) is 0.353. The largest absolute Gasteiger partial charge is 0.468 e. The number of ether oxygens (including phenoxy) is 1. The molecule has 2 amide bonds. The van der Waals surface area contributed by atoms with E-state index in [1.165, 1.54) is 6.07 Å². The van der Waals surface area contributed by atoms with Gasteiger partial charge in [0, 0.05) is 6.54 Å². The summed E-state index contributed by atoms with van der Waals surface area (Å²) in [6.07, 6.45) is 1.56. The van der Waals surface area contributed by atoms with Crippen LogP contribution in [0.15, 0.2) is 41.0 Å². The van der Waals surface area contributed by atoms with E-state index in [0.29, 0.717) is 11.3 Å². The lowest BCUT2D eigenvalue weighted by atomic mass is 10.2. The molecule has 0 saturated carbocycles. The van der Waals surface area contributed by atoms with Crippen LogP contribution in [-0.4, -0.2) is 38.2 Å². The number of carbonyl (C=O) groups is 1. The van der Waals surface area contributed by atoms with Crippen molar-refractivity contribution in [3.63, 3.8) is 0 Å². The van der Waals surface area contributed by atoms with Gasteiger partial charge >= 0.3 is 12.6 Å². The predicted molar refractivity (Wildman–Crippen MR) is 90.0 cm³/mol. The van der Waals surface area contributed by atoms with Crippen molar-refractivity contribution in [3.8, 4) is 5.75 Å². The Morgan fingerprint density at radius 1 is 1.28 bits per heavy atom. The summed E-state index contributed by atoms with van der Waals surface area (Å²) >= 11 is 0.